The first-order valence-electron chi connectivity index (χ1n) is 6.03. The molecule has 0 bridgehead atoms. The second-order valence-electron chi connectivity index (χ2n) is 4.52. The summed E-state index contributed by atoms with van der Waals surface area (Å²) in [5.41, 5.74) is -1.65. The van der Waals surface area contributed by atoms with E-state index in [0.717, 1.165) is 6.07 Å². The molecular formula is C14H7Cl3F3NO2. The first-order valence-corrected chi connectivity index (χ1v) is 7.17. The van der Waals surface area contributed by atoms with Gasteiger partial charge in [-0.15, -0.1) is 0 Å². The van der Waals surface area contributed by atoms with Gasteiger partial charge in [0, 0.05) is 5.56 Å². The molecule has 2 rings (SSSR count). The van der Waals surface area contributed by atoms with Gasteiger partial charge in [0.15, 0.2) is 0 Å². The Hall–Kier alpha value is -1.50. The van der Waals surface area contributed by atoms with Crippen LogP contribution in [0.15, 0.2) is 24.3 Å². The fourth-order valence-corrected chi connectivity index (χ4v) is 2.55. The van der Waals surface area contributed by atoms with Crippen molar-refractivity contribution in [3.8, 4) is 11.3 Å². The lowest BCUT2D eigenvalue weighted by Crippen LogP contribution is -2.15. The third-order valence-corrected chi connectivity index (χ3v) is 3.91. The Labute approximate surface area is 143 Å². The van der Waals surface area contributed by atoms with Crippen LogP contribution < -0.4 is 0 Å². The molecule has 0 saturated heterocycles. The molecule has 0 aliphatic rings. The van der Waals surface area contributed by atoms with Gasteiger partial charge >= 0.3 is 12.1 Å². The summed E-state index contributed by atoms with van der Waals surface area (Å²) < 4.78 is 39.3. The van der Waals surface area contributed by atoms with Crippen molar-refractivity contribution in [1.29, 1.82) is 0 Å². The van der Waals surface area contributed by atoms with Gasteiger partial charge in [0.2, 0.25) is 0 Å². The average molecular weight is 385 g/mol. The second kappa shape index (κ2) is 6.55. The molecule has 0 radical (unpaired) electrons. The molecule has 122 valence electrons. The van der Waals surface area contributed by atoms with Crippen molar-refractivity contribution < 1.29 is 23.1 Å². The summed E-state index contributed by atoms with van der Waals surface area (Å²) in [6.45, 7) is 0. The number of nitrogens with zero attached hydrogens (tertiary/aromatic N) is 1. The smallest absolute Gasteiger partial charge is 0.433 e. The molecule has 1 heterocycles. The van der Waals surface area contributed by atoms with Crippen molar-refractivity contribution in [2.24, 2.45) is 0 Å². The third kappa shape index (κ3) is 4.07. The number of carboxylic acid groups (broad SMARTS) is 1. The van der Waals surface area contributed by atoms with Crippen LogP contribution in [0.1, 0.15) is 11.3 Å². The molecule has 2 aromatic rings. The fourth-order valence-electron chi connectivity index (χ4n) is 1.91. The molecule has 0 atom stereocenters. The molecule has 0 aliphatic heterocycles. The lowest BCUT2D eigenvalue weighted by molar-refractivity contribution is -0.142. The monoisotopic (exact) mass is 383 g/mol. The van der Waals surface area contributed by atoms with Gasteiger partial charge in [0.1, 0.15) is 5.69 Å². The molecule has 0 fully saturated rings. The Balaban J connectivity index is 2.62. The Morgan fingerprint density at radius 3 is 2.26 bits per heavy atom. The molecular weight excluding hydrogens is 378 g/mol. The van der Waals surface area contributed by atoms with Gasteiger partial charge in [-0.2, -0.15) is 13.2 Å². The number of rotatable bonds is 3. The maximum absolute atomic E-state index is 13.1. The zero-order valence-corrected chi connectivity index (χ0v) is 13.4. The Morgan fingerprint density at radius 2 is 1.70 bits per heavy atom. The summed E-state index contributed by atoms with van der Waals surface area (Å²) in [4.78, 5) is 14.2. The summed E-state index contributed by atoms with van der Waals surface area (Å²) in [6, 6.07) is 4.89. The van der Waals surface area contributed by atoms with Crippen LogP contribution in [0.4, 0.5) is 13.2 Å². The van der Waals surface area contributed by atoms with Crippen molar-refractivity contribution in [1.82, 2.24) is 4.98 Å². The van der Waals surface area contributed by atoms with Gasteiger partial charge in [-0.3, -0.25) is 4.79 Å². The number of hydrogen-bond acceptors (Lipinski definition) is 2. The molecule has 9 heteroatoms. The van der Waals surface area contributed by atoms with E-state index in [1.165, 1.54) is 18.2 Å². The van der Waals surface area contributed by atoms with Crippen LogP contribution in [0, 0.1) is 0 Å². The van der Waals surface area contributed by atoms with Gasteiger partial charge in [-0.25, -0.2) is 4.98 Å². The van der Waals surface area contributed by atoms with Crippen molar-refractivity contribution >= 4 is 40.8 Å². The number of benzene rings is 1. The molecule has 0 amide bonds. The van der Waals surface area contributed by atoms with Crippen LogP contribution in [0.3, 0.4) is 0 Å². The summed E-state index contributed by atoms with van der Waals surface area (Å²) in [7, 11) is 0. The van der Waals surface area contributed by atoms with Gasteiger partial charge in [-0.05, 0) is 23.8 Å². The average Bonchev–Trinajstić information content (AvgIpc) is 2.41. The van der Waals surface area contributed by atoms with Gasteiger partial charge in [0.05, 0.1) is 27.2 Å². The number of alkyl halides is 3. The molecule has 0 unspecified atom stereocenters. The van der Waals surface area contributed by atoms with E-state index < -0.39 is 29.8 Å². The maximum Gasteiger partial charge on any atom is 0.433 e. The predicted molar refractivity (Wildman–Crippen MR) is 81.0 cm³/mol. The van der Waals surface area contributed by atoms with Crippen LogP contribution in [-0.2, 0) is 17.4 Å². The molecule has 23 heavy (non-hydrogen) atoms. The number of carboxylic acids is 1. The number of aliphatic carboxylic acids is 1. The van der Waals surface area contributed by atoms with E-state index in [4.69, 9.17) is 39.9 Å². The Kier molecular flexibility index (Phi) is 5.08. The van der Waals surface area contributed by atoms with Gasteiger partial charge < -0.3 is 5.11 Å². The number of carbonyl (C=O) groups is 1. The number of hydrogen-bond donors (Lipinski definition) is 1. The van der Waals surface area contributed by atoms with Gasteiger partial charge in [-0.1, -0.05) is 40.9 Å². The zero-order valence-electron chi connectivity index (χ0n) is 11.1. The highest BCUT2D eigenvalue weighted by atomic mass is 35.5. The van der Waals surface area contributed by atoms with Crippen LogP contribution in [0.5, 0.6) is 0 Å². The molecule has 0 saturated carbocycles. The Morgan fingerprint density at radius 1 is 1.09 bits per heavy atom. The largest absolute Gasteiger partial charge is 0.481 e. The molecule has 3 nitrogen and oxygen atoms in total. The fraction of sp³-hybridized carbons (Fsp3) is 0.143. The van der Waals surface area contributed by atoms with Crippen LogP contribution in [-0.4, -0.2) is 16.1 Å². The minimum atomic E-state index is -4.80. The van der Waals surface area contributed by atoms with Crippen LogP contribution in [0.2, 0.25) is 15.1 Å². The molecule has 1 N–H and O–H groups in total. The predicted octanol–water partition coefficient (Wildman–Crippen LogP) is 5.35. The van der Waals surface area contributed by atoms with Crippen molar-refractivity contribution in [2.75, 3.05) is 0 Å². The second-order valence-corrected chi connectivity index (χ2v) is 5.74. The van der Waals surface area contributed by atoms with E-state index in [0.29, 0.717) is 0 Å². The molecule has 1 aromatic carbocycles. The minimum absolute atomic E-state index is 0.0750. The van der Waals surface area contributed by atoms with E-state index in [1.807, 2.05) is 0 Å². The van der Waals surface area contributed by atoms with E-state index >= 15 is 0 Å². The lowest BCUT2D eigenvalue weighted by atomic mass is 10.1. The van der Waals surface area contributed by atoms with Crippen LogP contribution >= 0.6 is 34.8 Å². The quantitative estimate of drug-likeness (QED) is 0.725. The standard InChI is InChI=1S/C14H7Cl3F3NO2/c15-8-5-10(17)9(16)4-7(8)11-2-1-6(3-12(22)23)13(21-11)14(18,19)20/h1-2,4-5H,3H2,(H,22,23). The molecule has 0 aliphatic carbocycles. The highest BCUT2D eigenvalue weighted by molar-refractivity contribution is 6.44. The van der Waals surface area contributed by atoms with E-state index in [2.05, 4.69) is 4.98 Å². The minimum Gasteiger partial charge on any atom is -0.481 e. The Bertz CT molecular complexity index is 779. The zero-order chi connectivity index (χ0) is 17.4. The number of aromatic nitrogens is 1. The van der Waals surface area contributed by atoms with Crippen molar-refractivity contribution in [3.63, 3.8) is 0 Å². The number of pyridine rings is 1. The molecule has 1 aromatic heterocycles. The SMILES string of the molecule is O=C(O)Cc1ccc(-c2cc(Cl)c(Cl)cc2Cl)nc1C(F)(F)F. The lowest BCUT2D eigenvalue weighted by Gasteiger charge is -2.13. The topological polar surface area (TPSA) is 50.2 Å². The van der Waals surface area contributed by atoms with Crippen LogP contribution in [0.25, 0.3) is 11.3 Å². The summed E-state index contributed by atoms with van der Waals surface area (Å²) >= 11 is 17.6. The third-order valence-electron chi connectivity index (χ3n) is 2.87. The summed E-state index contributed by atoms with van der Waals surface area (Å²) in [5, 5.41) is 9.04. The molecule has 0 spiro atoms. The normalized spacial score (nSPS) is 11.6. The van der Waals surface area contributed by atoms with E-state index in [9.17, 15) is 18.0 Å². The first-order chi connectivity index (χ1) is 10.6. The van der Waals surface area contributed by atoms with E-state index in [1.54, 1.807) is 0 Å². The van der Waals surface area contributed by atoms with Gasteiger partial charge in [0.25, 0.3) is 0 Å². The maximum atomic E-state index is 13.1. The summed E-state index contributed by atoms with van der Waals surface area (Å²) in [6.07, 6.45) is -5.60. The van der Waals surface area contributed by atoms with E-state index in [-0.39, 0.29) is 26.3 Å². The highest BCUT2D eigenvalue weighted by Gasteiger charge is 2.36. The summed E-state index contributed by atoms with van der Waals surface area (Å²) in [5.74, 6) is -1.39. The van der Waals surface area contributed by atoms with Crippen molar-refractivity contribution in [2.45, 2.75) is 12.6 Å². The highest BCUT2D eigenvalue weighted by Crippen LogP contribution is 2.37. The first kappa shape index (κ1) is 17.8. The number of halogens is 6. The van der Waals surface area contributed by atoms with Crippen molar-refractivity contribution in [3.05, 3.63) is 50.6 Å².